The predicted molar refractivity (Wildman–Crippen MR) is 115 cm³/mol. The van der Waals surface area contributed by atoms with E-state index in [2.05, 4.69) is 90.5 Å². The Morgan fingerprint density at radius 1 is 0.643 bits per heavy atom. The molecule has 1 aliphatic carbocycles. The van der Waals surface area contributed by atoms with Gasteiger partial charge in [-0.2, -0.15) is 0 Å². The van der Waals surface area contributed by atoms with Gasteiger partial charge in [0.05, 0.1) is 11.4 Å². The summed E-state index contributed by atoms with van der Waals surface area (Å²) in [6, 6.07) is 27.3. The molecule has 2 nitrogen and oxygen atoms in total. The first-order valence-electron chi connectivity index (χ1n) is 9.39. The summed E-state index contributed by atoms with van der Waals surface area (Å²) in [5.41, 5.74) is 8.68. The van der Waals surface area contributed by atoms with Crippen LogP contribution in [0.2, 0.25) is 5.28 Å². The third-order valence-electron chi connectivity index (χ3n) is 5.63. The maximum absolute atomic E-state index is 6.34. The lowest BCUT2D eigenvalue weighted by Gasteiger charge is -2.23. The van der Waals surface area contributed by atoms with E-state index in [1.807, 2.05) is 12.1 Å². The third-order valence-corrected chi connectivity index (χ3v) is 5.80. The van der Waals surface area contributed by atoms with Crippen LogP contribution in [-0.4, -0.2) is 9.97 Å². The molecule has 0 N–H and O–H groups in total. The Morgan fingerprint density at radius 3 is 1.96 bits per heavy atom. The van der Waals surface area contributed by atoms with E-state index >= 15 is 0 Å². The van der Waals surface area contributed by atoms with Crippen molar-refractivity contribution in [1.82, 2.24) is 9.97 Å². The fourth-order valence-electron chi connectivity index (χ4n) is 4.25. The molecule has 4 aromatic rings. The van der Waals surface area contributed by atoms with Crippen LogP contribution in [0.3, 0.4) is 0 Å². The zero-order chi connectivity index (χ0) is 19.3. The van der Waals surface area contributed by atoms with Crippen molar-refractivity contribution in [3.05, 3.63) is 95.3 Å². The van der Waals surface area contributed by atoms with Crippen molar-refractivity contribution in [1.29, 1.82) is 0 Å². The number of nitrogens with zero attached hydrogens (tertiary/aromatic N) is 2. The summed E-state index contributed by atoms with van der Waals surface area (Å²) >= 11 is 6.34. The second kappa shape index (κ2) is 6.29. The molecule has 0 amide bonds. The van der Waals surface area contributed by atoms with Crippen LogP contribution < -0.4 is 0 Å². The summed E-state index contributed by atoms with van der Waals surface area (Å²) in [4.78, 5) is 9.25. The Labute approximate surface area is 169 Å². The largest absolute Gasteiger partial charge is 0.223 e. The topological polar surface area (TPSA) is 25.8 Å². The van der Waals surface area contributed by atoms with Gasteiger partial charge in [-0.1, -0.05) is 92.7 Å². The molecule has 0 fully saturated rings. The van der Waals surface area contributed by atoms with Gasteiger partial charge >= 0.3 is 0 Å². The summed E-state index contributed by atoms with van der Waals surface area (Å²) in [6.45, 7) is 4.47. The van der Waals surface area contributed by atoms with Crippen molar-refractivity contribution in [2.45, 2.75) is 19.3 Å². The van der Waals surface area contributed by atoms with Gasteiger partial charge in [-0.05, 0) is 28.3 Å². The van der Waals surface area contributed by atoms with Gasteiger partial charge in [-0.3, -0.25) is 0 Å². The monoisotopic (exact) mass is 382 g/mol. The van der Waals surface area contributed by atoms with Crippen LogP contribution >= 0.6 is 11.6 Å². The molecule has 3 heteroatoms. The number of benzene rings is 3. The van der Waals surface area contributed by atoms with Gasteiger partial charge in [0.1, 0.15) is 0 Å². The fourth-order valence-corrected chi connectivity index (χ4v) is 4.42. The second-order valence-corrected chi connectivity index (χ2v) is 8.02. The maximum Gasteiger partial charge on any atom is 0.223 e. The summed E-state index contributed by atoms with van der Waals surface area (Å²) in [5, 5.41) is 0.286. The first kappa shape index (κ1) is 17.2. The van der Waals surface area contributed by atoms with Gasteiger partial charge in [-0.15, -0.1) is 0 Å². The molecule has 0 bridgehead atoms. The molecule has 1 aromatic heterocycles. The number of aromatic nitrogens is 2. The zero-order valence-electron chi connectivity index (χ0n) is 15.8. The summed E-state index contributed by atoms with van der Waals surface area (Å²) in [6.07, 6.45) is 0. The van der Waals surface area contributed by atoms with E-state index < -0.39 is 0 Å². The molecule has 0 spiro atoms. The molecular weight excluding hydrogens is 364 g/mol. The fraction of sp³-hybridized carbons (Fsp3) is 0.120. The van der Waals surface area contributed by atoms with E-state index in [0.29, 0.717) is 0 Å². The molecule has 0 radical (unpaired) electrons. The molecule has 0 saturated heterocycles. The quantitative estimate of drug-likeness (QED) is 0.357. The van der Waals surface area contributed by atoms with Crippen LogP contribution in [0.15, 0.2) is 78.9 Å². The minimum atomic E-state index is -0.177. The van der Waals surface area contributed by atoms with Crippen LogP contribution in [-0.2, 0) is 5.41 Å². The van der Waals surface area contributed by atoms with Gasteiger partial charge in [0, 0.05) is 22.1 Å². The molecule has 5 rings (SSSR count). The van der Waals surface area contributed by atoms with E-state index in [-0.39, 0.29) is 10.7 Å². The molecule has 0 saturated carbocycles. The summed E-state index contributed by atoms with van der Waals surface area (Å²) in [5.74, 6) is 0. The Kier molecular flexibility index (Phi) is 3.85. The Bertz CT molecular complexity index is 1180. The number of hydrogen-bond acceptors (Lipinski definition) is 2. The second-order valence-electron chi connectivity index (χ2n) is 7.68. The molecule has 0 unspecified atom stereocenters. The van der Waals surface area contributed by atoms with Gasteiger partial charge in [0.25, 0.3) is 0 Å². The van der Waals surface area contributed by atoms with E-state index in [1.165, 1.54) is 16.7 Å². The molecule has 136 valence electrons. The first-order valence-corrected chi connectivity index (χ1v) is 9.77. The number of hydrogen-bond donors (Lipinski definition) is 0. The Balaban J connectivity index is 1.68. The number of halogens is 1. The lowest BCUT2D eigenvalue weighted by molar-refractivity contribution is 0.657. The maximum atomic E-state index is 6.34. The smallest absolute Gasteiger partial charge is 0.218 e. The van der Waals surface area contributed by atoms with Crippen LogP contribution in [0.4, 0.5) is 0 Å². The zero-order valence-corrected chi connectivity index (χ0v) is 16.5. The average Bonchev–Trinajstić information content (AvgIpc) is 2.96. The SMILES string of the molecule is CC1(C)c2ccccc2-c2nc(Cl)nc(-c3ccc(-c4ccccc4)cc3)c21. The van der Waals surface area contributed by atoms with Crippen molar-refractivity contribution >= 4 is 11.6 Å². The van der Waals surface area contributed by atoms with Crippen molar-refractivity contribution in [3.63, 3.8) is 0 Å². The van der Waals surface area contributed by atoms with Gasteiger partial charge in [0.15, 0.2) is 0 Å². The highest BCUT2D eigenvalue weighted by Crippen LogP contribution is 2.51. The molecule has 0 aliphatic heterocycles. The van der Waals surface area contributed by atoms with Crippen molar-refractivity contribution in [3.8, 4) is 33.6 Å². The Morgan fingerprint density at radius 2 is 1.21 bits per heavy atom. The summed E-state index contributed by atoms with van der Waals surface area (Å²) in [7, 11) is 0. The van der Waals surface area contributed by atoms with Crippen molar-refractivity contribution in [2.75, 3.05) is 0 Å². The van der Waals surface area contributed by atoms with Gasteiger partial charge < -0.3 is 0 Å². The first-order chi connectivity index (χ1) is 13.6. The lowest BCUT2D eigenvalue weighted by Crippen LogP contribution is -2.17. The predicted octanol–water partition coefficient (Wildman–Crippen LogP) is 6.77. The number of fused-ring (bicyclic) bond motifs is 3. The number of rotatable bonds is 2. The van der Waals surface area contributed by atoms with E-state index in [0.717, 1.165) is 28.1 Å². The standard InChI is InChI=1S/C25H19ClN2/c1-25(2)20-11-7-6-10-19(20)23-21(25)22(27-24(26)28-23)18-14-12-17(13-15-18)16-8-4-3-5-9-16/h3-15H,1-2H3. The van der Waals surface area contributed by atoms with Gasteiger partial charge in [0.2, 0.25) is 5.28 Å². The molecule has 1 heterocycles. The van der Waals surface area contributed by atoms with Crippen LogP contribution in [0, 0.1) is 0 Å². The molecular formula is C25H19ClN2. The average molecular weight is 383 g/mol. The lowest BCUT2D eigenvalue weighted by atomic mass is 9.81. The third kappa shape index (κ3) is 2.56. The van der Waals surface area contributed by atoms with Crippen molar-refractivity contribution in [2.24, 2.45) is 0 Å². The Hall–Kier alpha value is -2.97. The van der Waals surface area contributed by atoms with E-state index in [4.69, 9.17) is 11.6 Å². The highest BCUT2D eigenvalue weighted by atomic mass is 35.5. The van der Waals surface area contributed by atoms with E-state index in [9.17, 15) is 0 Å². The summed E-state index contributed by atoms with van der Waals surface area (Å²) < 4.78 is 0. The van der Waals surface area contributed by atoms with Crippen LogP contribution in [0.1, 0.15) is 25.0 Å². The molecule has 0 atom stereocenters. The van der Waals surface area contributed by atoms with Crippen LogP contribution in [0.25, 0.3) is 33.6 Å². The van der Waals surface area contributed by atoms with Crippen molar-refractivity contribution < 1.29 is 0 Å². The molecule has 1 aliphatic rings. The minimum absolute atomic E-state index is 0.177. The van der Waals surface area contributed by atoms with Crippen LogP contribution in [0.5, 0.6) is 0 Å². The minimum Gasteiger partial charge on any atom is -0.218 e. The molecule has 28 heavy (non-hydrogen) atoms. The highest BCUT2D eigenvalue weighted by molar-refractivity contribution is 6.28. The highest BCUT2D eigenvalue weighted by Gasteiger charge is 2.39. The van der Waals surface area contributed by atoms with Gasteiger partial charge in [-0.25, -0.2) is 9.97 Å². The normalized spacial score (nSPS) is 13.8. The molecule has 3 aromatic carbocycles. The van der Waals surface area contributed by atoms with E-state index in [1.54, 1.807) is 0 Å².